The van der Waals surface area contributed by atoms with Gasteiger partial charge in [0.25, 0.3) is 0 Å². The fourth-order valence-corrected chi connectivity index (χ4v) is 2.02. The van der Waals surface area contributed by atoms with Crippen molar-refractivity contribution in [1.29, 1.82) is 0 Å². The van der Waals surface area contributed by atoms with Crippen LogP contribution in [0.2, 0.25) is 0 Å². The van der Waals surface area contributed by atoms with Crippen LogP contribution in [0.25, 0.3) is 0 Å². The van der Waals surface area contributed by atoms with Crippen molar-refractivity contribution in [3.63, 3.8) is 0 Å². The average Bonchev–Trinajstić information content (AvgIpc) is 2.33. The van der Waals surface area contributed by atoms with Gasteiger partial charge in [0.1, 0.15) is 5.78 Å². The molecule has 0 aromatic heterocycles. The molecular formula is C13H14F2O2. The predicted molar refractivity (Wildman–Crippen MR) is 58.8 cm³/mol. The number of carbonyl (C=O) groups is 1. The van der Waals surface area contributed by atoms with Gasteiger partial charge < -0.3 is 4.74 Å². The van der Waals surface area contributed by atoms with Gasteiger partial charge in [0.15, 0.2) is 11.6 Å². The van der Waals surface area contributed by atoms with Crippen LogP contribution < -0.4 is 4.74 Å². The maximum atomic E-state index is 13.3. The van der Waals surface area contributed by atoms with Gasteiger partial charge in [0.2, 0.25) is 5.82 Å². The summed E-state index contributed by atoms with van der Waals surface area (Å²) in [5.74, 6) is -2.06. The Bertz CT molecular complexity index is 418. The van der Waals surface area contributed by atoms with Gasteiger partial charge in [-0.3, -0.25) is 4.79 Å². The SMILES string of the molecule is O=C1CCCCC1COc1cccc(F)c1F. The second-order valence-electron chi connectivity index (χ2n) is 4.27. The summed E-state index contributed by atoms with van der Waals surface area (Å²) in [4.78, 5) is 11.5. The summed E-state index contributed by atoms with van der Waals surface area (Å²) in [5.41, 5.74) is 0. The van der Waals surface area contributed by atoms with Gasteiger partial charge in [-0.05, 0) is 25.0 Å². The van der Waals surface area contributed by atoms with E-state index in [1.165, 1.54) is 12.1 Å². The van der Waals surface area contributed by atoms with Crippen LogP contribution >= 0.6 is 0 Å². The van der Waals surface area contributed by atoms with E-state index >= 15 is 0 Å². The molecule has 0 N–H and O–H groups in total. The largest absolute Gasteiger partial charge is 0.490 e. The van der Waals surface area contributed by atoms with E-state index in [0.717, 1.165) is 25.3 Å². The number of ether oxygens (including phenoxy) is 1. The molecule has 0 aliphatic heterocycles. The van der Waals surface area contributed by atoms with E-state index in [1.54, 1.807) is 0 Å². The summed E-state index contributed by atoms with van der Waals surface area (Å²) in [6.45, 7) is 0.138. The second kappa shape index (κ2) is 5.25. The number of carbonyl (C=O) groups excluding carboxylic acids is 1. The van der Waals surface area contributed by atoms with Crippen LogP contribution in [-0.2, 0) is 4.79 Å². The monoisotopic (exact) mass is 240 g/mol. The van der Waals surface area contributed by atoms with Gasteiger partial charge in [0.05, 0.1) is 12.5 Å². The van der Waals surface area contributed by atoms with Crippen LogP contribution in [0.3, 0.4) is 0 Å². The number of benzene rings is 1. The van der Waals surface area contributed by atoms with Gasteiger partial charge in [-0.15, -0.1) is 0 Å². The number of Topliss-reactive ketones (excluding diaryl/α,β-unsaturated/α-hetero) is 1. The van der Waals surface area contributed by atoms with Gasteiger partial charge in [-0.1, -0.05) is 12.5 Å². The Hall–Kier alpha value is -1.45. The van der Waals surface area contributed by atoms with Crippen molar-refractivity contribution < 1.29 is 18.3 Å². The van der Waals surface area contributed by atoms with E-state index in [9.17, 15) is 13.6 Å². The van der Waals surface area contributed by atoms with Crippen molar-refractivity contribution in [1.82, 2.24) is 0 Å². The van der Waals surface area contributed by atoms with Crippen LogP contribution in [0.5, 0.6) is 5.75 Å². The van der Waals surface area contributed by atoms with Crippen LogP contribution in [0.4, 0.5) is 8.78 Å². The molecule has 2 rings (SSSR count). The molecule has 4 heteroatoms. The number of ketones is 1. The molecule has 1 unspecified atom stereocenters. The molecule has 1 aliphatic carbocycles. The molecule has 1 saturated carbocycles. The van der Waals surface area contributed by atoms with E-state index < -0.39 is 11.6 Å². The summed E-state index contributed by atoms with van der Waals surface area (Å²) in [6, 6.07) is 3.79. The summed E-state index contributed by atoms with van der Waals surface area (Å²) >= 11 is 0. The minimum absolute atomic E-state index is 0.122. The lowest BCUT2D eigenvalue weighted by Crippen LogP contribution is -2.25. The molecule has 1 aromatic carbocycles. The number of halogens is 2. The first-order valence-electron chi connectivity index (χ1n) is 5.78. The molecule has 0 heterocycles. The van der Waals surface area contributed by atoms with E-state index in [0.29, 0.717) is 6.42 Å². The topological polar surface area (TPSA) is 26.3 Å². The highest BCUT2D eigenvalue weighted by atomic mass is 19.2. The molecule has 0 radical (unpaired) electrons. The van der Waals surface area contributed by atoms with Gasteiger partial charge in [0, 0.05) is 6.42 Å². The lowest BCUT2D eigenvalue weighted by Gasteiger charge is -2.20. The van der Waals surface area contributed by atoms with Crippen LogP contribution in [0.1, 0.15) is 25.7 Å². The van der Waals surface area contributed by atoms with Crippen molar-refractivity contribution in [3.05, 3.63) is 29.8 Å². The first kappa shape index (κ1) is 12.0. The zero-order valence-corrected chi connectivity index (χ0v) is 9.42. The third kappa shape index (κ3) is 2.81. The normalized spacial score (nSPS) is 20.4. The van der Waals surface area contributed by atoms with Crippen molar-refractivity contribution >= 4 is 5.78 Å². The van der Waals surface area contributed by atoms with Gasteiger partial charge in [-0.25, -0.2) is 4.39 Å². The molecule has 1 atom stereocenters. The molecular weight excluding hydrogens is 226 g/mol. The highest BCUT2D eigenvalue weighted by Gasteiger charge is 2.23. The summed E-state index contributed by atoms with van der Waals surface area (Å²) in [5, 5.41) is 0. The minimum atomic E-state index is -0.990. The molecule has 92 valence electrons. The van der Waals surface area contributed by atoms with Crippen molar-refractivity contribution in [2.45, 2.75) is 25.7 Å². The third-order valence-electron chi connectivity index (χ3n) is 3.04. The van der Waals surface area contributed by atoms with Gasteiger partial charge >= 0.3 is 0 Å². The number of rotatable bonds is 3. The minimum Gasteiger partial charge on any atom is -0.490 e. The maximum Gasteiger partial charge on any atom is 0.200 e. The quantitative estimate of drug-likeness (QED) is 0.811. The highest BCUT2D eigenvalue weighted by molar-refractivity contribution is 5.81. The Morgan fingerprint density at radius 3 is 2.88 bits per heavy atom. The zero-order chi connectivity index (χ0) is 12.3. The predicted octanol–water partition coefficient (Wildman–Crippen LogP) is 3.10. The van der Waals surface area contributed by atoms with Crippen LogP contribution in [0, 0.1) is 17.6 Å². The Balaban J connectivity index is 1.97. The van der Waals surface area contributed by atoms with E-state index in [2.05, 4.69) is 0 Å². The fourth-order valence-electron chi connectivity index (χ4n) is 2.02. The number of hydrogen-bond acceptors (Lipinski definition) is 2. The van der Waals surface area contributed by atoms with Gasteiger partial charge in [-0.2, -0.15) is 4.39 Å². The van der Waals surface area contributed by atoms with Crippen LogP contribution in [0.15, 0.2) is 18.2 Å². The molecule has 0 bridgehead atoms. The lowest BCUT2D eigenvalue weighted by molar-refractivity contribution is -0.125. The Kier molecular flexibility index (Phi) is 3.71. The molecule has 1 fully saturated rings. The van der Waals surface area contributed by atoms with E-state index in [4.69, 9.17) is 4.74 Å². The molecule has 17 heavy (non-hydrogen) atoms. The Morgan fingerprint density at radius 1 is 1.29 bits per heavy atom. The lowest BCUT2D eigenvalue weighted by atomic mass is 9.89. The molecule has 0 saturated heterocycles. The summed E-state index contributed by atoms with van der Waals surface area (Å²) in [7, 11) is 0. The molecule has 2 nitrogen and oxygen atoms in total. The number of hydrogen-bond donors (Lipinski definition) is 0. The Labute approximate surface area is 98.6 Å². The second-order valence-corrected chi connectivity index (χ2v) is 4.27. The van der Waals surface area contributed by atoms with Crippen molar-refractivity contribution in [2.24, 2.45) is 5.92 Å². The summed E-state index contributed by atoms with van der Waals surface area (Å²) in [6.07, 6.45) is 3.25. The first-order chi connectivity index (χ1) is 8.18. The fraction of sp³-hybridized carbons (Fsp3) is 0.462. The van der Waals surface area contributed by atoms with Crippen LogP contribution in [-0.4, -0.2) is 12.4 Å². The standard InChI is InChI=1S/C13H14F2O2/c14-10-5-3-7-12(13(10)15)17-8-9-4-1-2-6-11(9)16/h3,5,7,9H,1-2,4,6,8H2. The summed E-state index contributed by atoms with van der Waals surface area (Å²) < 4.78 is 31.4. The first-order valence-corrected chi connectivity index (χ1v) is 5.78. The third-order valence-corrected chi connectivity index (χ3v) is 3.04. The van der Waals surface area contributed by atoms with Crippen molar-refractivity contribution in [2.75, 3.05) is 6.61 Å². The molecule has 1 aliphatic rings. The van der Waals surface area contributed by atoms with E-state index in [-0.39, 0.29) is 24.1 Å². The maximum absolute atomic E-state index is 13.3. The van der Waals surface area contributed by atoms with E-state index in [1.807, 2.05) is 0 Å². The molecule has 1 aromatic rings. The molecule has 0 amide bonds. The highest BCUT2D eigenvalue weighted by Crippen LogP contribution is 2.24. The molecule has 0 spiro atoms. The Morgan fingerprint density at radius 2 is 2.12 bits per heavy atom. The smallest absolute Gasteiger partial charge is 0.200 e. The average molecular weight is 240 g/mol. The zero-order valence-electron chi connectivity index (χ0n) is 9.42. The van der Waals surface area contributed by atoms with Crippen molar-refractivity contribution in [3.8, 4) is 5.75 Å².